The molecule has 6 heteroatoms. The molecule has 100 valence electrons. The summed E-state index contributed by atoms with van der Waals surface area (Å²) in [4.78, 5) is 14.6. The zero-order valence-electron chi connectivity index (χ0n) is 11.5. The fourth-order valence-corrected chi connectivity index (χ4v) is 1.25. The highest BCUT2D eigenvalue weighted by Crippen LogP contribution is 2.04. The first kappa shape index (κ1) is 14.2. The van der Waals surface area contributed by atoms with Gasteiger partial charge in [-0.05, 0) is 19.4 Å². The van der Waals surface area contributed by atoms with Crippen molar-refractivity contribution in [1.29, 1.82) is 0 Å². The minimum Gasteiger partial charge on any atom is -0.370 e. The summed E-state index contributed by atoms with van der Waals surface area (Å²) in [7, 11) is 3.81. The van der Waals surface area contributed by atoms with Gasteiger partial charge in [0, 0.05) is 26.3 Å². The second-order valence-corrected chi connectivity index (χ2v) is 4.40. The van der Waals surface area contributed by atoms with Gasteiger partial charge >= 0.3 is 0 Å². The lowest BCUT2D eigenvalue weighted by molar-refractivity contribution is 0.636. The van der Waals surface area contributed by atoms with Gasteiger partial charge in [-0.2, -0.15) is 0 Å². The maximum atomic E-state index is 5.78. The zero-order chi connectivity index (χ0) is 13.5. The van der Waals surface area contributed by atoms with Crippen LogP contribution in [0.4, 0.5) is 5.95 Å². The van der Waals surface area contributed by atoms with Gasteiger partial charge in [0.1, 0.15) is 0 Å². The van der Waals surface area contributed by atoms with E-state index in [4.69, 9.17) is 5.73 Å². The summed E-state index contributed by atoms with van der Waals surface area (Å²) in [6.07, 6.45) is 2.74. The average molecular weight is 250 g/mol. The molecular formula is C12H22N6. The zero-order valence-corrected chi connectivity index (χ0v) is 11.5. The first-order valence-electron chi connectivity index (χ1n) is 6.08. The highest BCUT2D eigenvalue weighted by atomic mass is 15.2. The van der Waals surface area contributed by atoms with E-state index >= 15 is 0 Å². The lowest BCUT2D eigenvalue weighted by Crippen LogP contribution is -2.38. The molecule has 0 bridgehead atoms. The maximum Gasteiger partial charge on any atom is 0.225 e. The van der Waals surface area contributed by atoms with Crippen molar-refractivity contribution in [2.45, 2.75) is 32.9 Å². The Morgan fingerprint density at radius 3 is 2.89 bits per heavy atom. The number of aliphatic imine (C=N–C) groups is 1. The largest absolute Gasteiger partial charge is 0.370 e. The van der Waals surface area contributed by atoms with Gasteiger partial charge in [0.2, 0.25) is 5.95 Å². The van der Waals surface area contributed by atoms with E-state index in [2.05, 4.69) is 34.1 Å². The molecule has 0 aliphatic rings. The standard InChI is InChI=1S/C12H22N6/c1-5-9(2)16-11(13)15-8-10-6-7-14-12(17-10)18(3)4/h6-7,9H,5,8H2,1-4H3,(H3,13,15,16). The molecule has 0 radical (unpaired) electrons. The third-order valence-corrected chi connectivity index (χ3v) is 2.52. The Kier molecular flexibility index (Phi) is 5.35. The lowest BCUT2D eigenvalue weighted by atomic mass is 10.3. The third kappa shape index (κ3) is 4.57. The van der Waals surface area contributed by atoms with Crippen molar-refractivity contribution < 1.29 is 0 Å². The quantitative estimate of drug-likeness (QED) is 0.595. The summed E-state index contributed by atoms with van der Waals surface area (Å²) in [5.41, 5.74) is 6.63. The van der Waals surface area contributed by atoms with Crippen molar-refractivity contribution in [3.8, 4) is 0 Å². The van der Waals surface area contributed by atoms with Crippen LogP contribution in [0.15, 0.2) is 17.3 Å². The first-order chi connectivity index (χ1) is 8.52. The van der Waals surface area contributed by atoms with E-state index in [9.17, 15) is 0 Å². The number of anilines is 1. The Balaban J connectivity index is 2.62. The number of nitrogens with two attached hydrogens (primary N) is 1. The van der Waals surface area contributed by atoms with Crippen molar-refractivity contribution in [3.05, 3.63) is 18.0 Å². The highest BCUT2D eigenvalue weighted by Gasteiger charge is 2.02. The van der Waals surface area contributed by atoms with Crippen LogP contribution in [0, 0.1) is 0 Å². The number of rotatable bonds is 5. The fourth-order valence-electron chi connectivity index (χ4n) is 1.25. The van der Waals surface area contributed by atoms with E-state index in [1.54, 1.807) is 6.20 Å². The third-order valence-electron chi connectivity index (χ3n) is 2.52. The average Bonchev–Trinajstić information content (AvgIpc) is 2.36. The van der Waals surface area contributed by atoms with E-state index in [0.29, 0.717) is 24.5 Å². The van der Waals surface area contributed by atoms with Crippen LogP contribution in [0.5, 0.6) is 0 Å². The molecular weight excluding hydrogens is 228 g/mol. The first-order valence-corrected chi connectivity index (χ1v) is 6.08. The second-order valence-electron chi connectivity index (χ2n) is 4.40. The molecule has 6 nitrogen and oxygen atoms in total. The molecule has 1 aromatic rings. The number of hydrogen-bond donors (Lipinski definition) is 2. The second kappa shape index (κ2) is 6.78. The molecule has 0 amide bonds. The predicted molar refractivity (Wildman–Crippen MR) is 74.6 cm³/mol. The Morgan fingerprint density at radius 1 is 1.56 bits per heavy atom. The van der Waals surface area contributed by atoms with E-state index < -0.39 is 0 Å². The van der Waals surface area contributed by atoms with Gasteiger partial charge in [-0.15, -0.1) is 0 Å². The van der Waals surface area contributed by atoms with E-state index in [0.717, 1.165) is 12.1 Å². The van der Waals surface area contributed by atoms with Gasteiger partial charge in [0.15, 0.2) is 5.96 Å². The summed E-state index contributed by atoms with van der Waals surface area (Å²) >= 11 is 0. The molecule has 0 aliphatic carbocycles. The molecule has 0 fully saturated rings. The summed E-state index contributed by atoms with van der Waals surface area (Å²) in [6.45, 7) is 4.62. The van der Waals surface area contributed by atoms with Crippen LogP contribution in [0.1, 0.15) is 26.0 Å². The van der Waals surface area contributed by atoms with Gasteiger partial charge in [-0.3, -0.25) is 0 Å². The number of aromatic nitrogens is 2. The molecule has 3 N–H and O–H groups in total. The van der Waals surface area contributed by atoms with E-state index in [1.807, 2.05) is 25.1 Å². The minimum atomic E-state index is 0.330. The van der Waals surface area contributed by atoms with E-state index in [1.165, 1.54) is 0 Å². The van der Waals surface area contributed by atoms with Crippen LogP contribution in [0.3, 0.4) is 0 Å². The molecule has 1 heterocycles. The number of nitrogens with one attached hydrogen (secondary N) is 1. The fraction of sp³-hybridized carbons (Fsp3) is 0.583. The van der Waals surface area contributed by atoms with E-state index in [-0.39, 0.29) is 0 Å². The van der Waals surface area contributed by atoms with Crippen LogP contribution >= 0.6 is 0 Å². The number of hydrogen-bond acceptors (Lipinski definition) is 4. The minimum absolute atomic E-state index is 0.330. The van der Waals surface area contributed by atoms with Gasteiger partial charge < -0.3 is 16.0 Å². The molecule has 0 aliphatic heterocycles. The molecule has 18 heavy (non-hydrogen) atoms. The van der Waals surface area contributed by atoms with Crippen LogP contribution in [0.2, 0.25) is 0 Å². The molecule has 1 atom stereocenters. The number of guanidine groups is 1. The lowest BCUT2D eigenvalue weighted by Gasteiger charge is -2.12. The molecule has 0 aromatic carbocycles. The maximum absolute atomic E-state index is 5.78. The van der Waals surface area contributed by atoms with Crippen LogP contribution in [0.25, 0.3) is 0 Å². The smallest absolute Gasteiger partial charge is 0.225 e. The van der Waals surface area contributed by atoms with Crippen LogP contribution < -0.4 is 16.0 Å². The summed E-state index contributed by atoms with van der Waals surface area (Å²) < 4.78 is 0. The Morgan fingerprint density at radius 2 is 2.28 bits per heavy atom. The van der Waals surface area contributed by atoms with Gasteiger partial charge in [-0.1, -0.05) is 6.92 Å². The number of nitrogens with zero attached hydrogens (tertiary/aromatic N) is 4. The van der Waals surface area contributed by atoms with Gasteiger partial charge in [-0.25, -0.2) is 15.0 Å². The Labute approximate surface area is 108 Å². The molecule has 0 saturated heterocycles. The predicted octanol–water partition coefficient (Wildman–Crippen LogP) is 0.745. The molecule has 1 aromatic heterocycles. The van der Waals surface area contributed by atoms with Crippen molar-refractivity contribution in [1.82, 2.24) is 15.3 Å². The Hall–Kier alpha value is -1.85. The van der Waals surface area contributed by atoms with Crippen molar-refractivity contribution in [2.75, 3.05) is 19.0 Å². The molecule has 1 unspecified atom stereocenters. The molecule has 1 rings (SSSR count). The van der Waals surface area contributed by atoms with Crippen molar-refractivity contribution in [3.63, 3.8) is 0 Å². The molecule has 0 spiro atoms. The van der Waals surface area contributed by atoms with Crippen LogP contribution in [-0.4, -0.2) is 36.1 Å². The van der Waals surface area contributed by atoms with Crippen molar-refractivity contribution >= 4 is 11.9 Å². The summed E-state index contributed by atoms with van der Waals surface area (Å²) in [6, 6.07) is 2.17. The highest BCUT2D eigenvalue weighted by molar-refractivity contribution is 5.78. The Bertz CT molecular complexity index is 401. The normalized spacial score (nSPS) is 13.2. The topological polar surface area (TPSA) is 79.4 Å². The molecule has 0 saturated carbocycles. The van der Waals surface area contributed by atoms with Gasteiger partial charge in [0.25, 0.3) is 0 Å². The van der Waals surface area contributed by atoms with Gasteiger partial charge in [0.05, 0.1) is 12.2 Å². The summed E-state index contributed by atoms with van der Waals surface area (Å²) in [5, 5.41) is 3.11. The SMILES string of the molecule is CCC(C)NC(N)=NCc1ccnc(N(C)C)n1. The summed E-state index contributed by atoms with van der Waals surface area (Å²) in [5.74, 6) is 1.13. The monoisotopic (exact) mass is 250 g/mol. The van der Waals surface area contributed by atoms with Crippen molar-refractivity contribution in [2.24, 2.45) is 10.7 Å². The van der Waals surface area contributed by atoms with Crippen LogP contribution in [-0.2, 0) is 6.54 Å².